The number of fused-ring (bicyclic) bond motifs is 1. The quantitative estimate of drug-likeness (QED) is 0.886. The van der Waals surface area contributed by atoms with Crippen LogP contribution in [0.1, 0.15) is 15.9 Å². The first kappa shape index (κ1) is 13.9. The maximum atomic E-state index is 12.2. The predicted octanol–water partition coefficient (Wildman–Crippen LogP) is 0.771. The minimum atomic E-state index is -3.05. The summed E-state index contributed by atoms with van der Waals surface area (Å²) in [5.74, 6) is -0.168. The zero-order chi connectivity index (χ0) is 14.0. The normalized spacial score (nSPS) is 13.8. The van der Waals surface area contributed by atoms with Crippen LogP contribution in [0.15, 0.2) is 18.2 Å². The molecule has 6 heteroatoms. The highest BCUT2D eigenvalue weighted by Crippen LogP contribution is 2.23. The highest BCUT2D eigenvalue weighted by molar-refractivity contribution is 7.90. The van der Waals surface area contributed by atoms with Crippen molar-refractivity contribution in [2.24, 2.45) is 0 Å². The molecule has 0 aliphatic carbocycles. The Hall–Kier alpha value is -1.56. The second-order valence-electron chi connectivity index (χ2n) is 4.91. The Morgan fingerprint density at radius 2 is 2.16 bits per heavy atom. The molecule has 0 atom stereocenters. The van der Waals surface area contributed by atoms with Crippen molar-refractivity contribution in [1.82, 2.24) is 4.90 Å². The summed E-state index contributed by atoms with van der Waals surface area (Å²) in [4.78, 5) is 13.6. The Morgan fingerprint density at radius 1 is 1.42 bits per heavy atom. The van der Waals surface area contributed by atoms with Gasteiger partial charge in [0.25, 0.3) is 5.91 Å². The van der Waals surface area contributed by atoms with Crippen LogP contribution in [0.25, 0.3) is 0 Å². The number of nitrogens with zero attached hydrogens (tertiary/aromatic N) is 1. The van der Waals surface area contributed by atoms with Gasteiger partial charge in [0.15, 0.2) is 0 Å². The number of benzene rings is 1. The van der Waals surface area contributed by atoms with E-state index >= 15 is 0 Å². The summed E-state index contributed by atoms with van der Waals surface area (Å²) in [5.41, 5.74) is 2.81. The fraction of sp³-hybridized carbons (Fsp3) is 0.462. The fourth-order valence-electron chi connectivity index (χ4n) is 2.05. The molecule has 0 saturated carbocycles. The molecule has 0 radical (unpaired) electrons. The largest absolute Gasteiger partial charge is 0.384 e. The standard InChI is InChI=1S/C13H18N2O3S/c1-15(7-8-19(2,17)18)13(16)11-4-3-10-5-6-14-12(10)9-11/h3-4,9,14H,5-8H2,1-2H3. The van der Waals surface area contributed by atoms with E-state index in [0.29, 0.717) is 5.56 Å². The van der Waals surface area contributed by atoms with Gasteiger partial charge in [0.1, 0.15) is 9.84 Å². The molecular weight excluding hydrogens is 264 g/mol. The maximum Gasteiger partial charge on any atom is 0.253 e. The van der Waals surface area contributed by atoms with Gasteiger partial charge in [-0.2, -0.15) is 0 Å². The first-order chi connectivity index (χ1) is 8.87. The number of amides is 1. The molecule has 19 heavy (non-hydrogen) atoms. The Balaban J connectivity index is 2.07. The maximum absolute atomic E-state index is 12.2. The second-order valence-corrected chi connectivity index (χ2v) is 7.17. The summed E-state index contributed by atoms with van der Waals surface area (Å²) in [6.07, 6.45) is 2.15. The molecule has 0 spiro atoms. The molecule has 1 aliphatic heterocycles. The van der Waals surface area contributed by atoms with Crippen LogP contribution in [-0.4, -0.2) is 51.4 Å². The van der Waals surface area contributed by atoms with E-state index in [4.69, 9.17) is 0 Å². The van der Waals surface area contributed by atoms with Crippen molar-refractivity contribution >= 4 is 21.4 Å². The van der Waals surface area contributed by atoms with E-state index in [1.54, 1.807) is 13.1 Å². The van der Waals surface area contributed by atoms with E-state index in [9.17, 15) is 13.2 Å². The van der Waals surface area contributed by atoms with Crippen LogP contribution in [0, 0.1) is 0 Å². The number of anilines is 1. The van der Waals surface area contributed by atoms with Gasteiger partial charge in [0.05, 0.1) is 5.75 Å². The van der Waals surface area contributed by atoms with Crippen LogP contribution in [0.3, 0.4) is 0 Å². The van der Waals surface area contributed by atoms with Gasteiger partial charge in [-0.05, 0) is 24.1 Å². The minimum Gasteiger partial charge on any atom is -0.384 e. The van der Waals surface area contributed by atoms with Crippen molar-refractivity contribution in [1.29, 1.82) is 0 Å². The number of hydrogen-bond donors (Lipinski definition) is 1. The van der Waals surface area contributed by atoms with Crippen molar-refractivity contribution in [3.8, 4) is 0 Å². The van der Waals surface area contributed by atoms with E-state index in [-0.39, 0.29) is 18.2 Å². The van der Waals surface area contributed by atoms with Gasteiger partial charge in [0, 0.05) is 37.6 Å². The molecule has 5 nitrogen and oxygen atoms in total. The first-order valence-corrected chi connectivity index (χ1v) is 8.23. The van der Waals surface area contributed by atoms with Crippen molar-refractivity contribution < 1.29 is 13.2 Å². The lowest BCUT2D eigenvalue weighted by molar-refractivity contribution is 0.0803. The third-order valence-corrected chi connectivity index (χ3v) is 4.13. The van der Waals surface area contributed by atoms with Crippen LogP contribution in [0.5, 0.6) is 0 Å². The molecular formula is C13H18N2O3S. The Labute approximate surface area is 113 Å². The number of nitrogens with one attached hydrogen (secondary N) is 1. The van der Waals surface area contributed by atoms with Gasteiger partial charge in [0.2, 0.25) is 0 Å². The zero-order valence-electron chi connectivity index (χ0n) is 11.1. The number of rotatable bonds is 4. The monoisotopic (exact) mass is 282 g/mol. The third kappa shape index (κ3) is 3.47. The lowest BCUT2D eigenvalue weighted by atomic mass is 10.1. The molecule has 0 bridgehead atoms. The third-order valence-electron chi connectivity index (χ3n) is 3.21. The van der Waals surface area contributed by atoms with Crippen LogP contribution in [0.2, 0.25) is 0 Å². The van der Waals surface area contributed by atoms with Gasteiger partial charge in [-0.1, -0.05) is 6.07 Å². The highest BCUT2D eigenvalue weighted by Gasteiger charge is 2.17. The summed E-state index contributed by atoms with van der Waals surface area (Å²) in [6, 6.07) is 5.58. The van der Waals surface area contributed by atoms with Gasteiger partial charge >= 0.3 is 0 Å². The summed E-state index contributed by atoms with van der Waals surface area (Å²) in [6.45, 7) is 1.11. The molecule has 1 aromatic carbocycles. The van der Waals surface area contributed by atoms with Gasteiger partial charge < -0.3 is 10.2 Å². The van der Waals surface area contributed by atoms with Crippen LogP contribution in [0.4, 0.5) is 5.69 Å². The molecule has 1 amide bonds. The number of hydrogen-bond acceptors (Lipinski definition) is 4. The molecule has 0 unspecified atom stereocenters. The SMILES string of the molecule is CN(CCS(C)(=O)=O)C(=O)c1ccc2c(c1)NCC2. The first-order valence-electron chi connectivity index (χ1n) is 6.17. The summed E-state index contributed by atoms with van der Waals surface area (Å²) < 4.78 is 22.2. The molecule has 1 aromatic rings. The smallest absolute Gasteiger partial charge is 0.253 e. The van der Waals surface area contributed by atoms with E-state index in [0.717, 1.165) is 18.7 Å². The Morgan fingerprint density at radius 3 is 2.84 bits per heavy atom. The predicted molar refractivity (Wildman–Crippen MR) is 75.3 cm³/mol. The lowest BCUT2D eigenvalue weighted by Gasteiger charge is -2.17. The number of carbonyl (C=O) groups is 1. The molecule has 1 N–H and O–H groups in total. The minimum absolute atomic E-state index is 0.0154. The second kappa shape index (κ2) is 5.21. The average molecular weight is 282 g/mol. The fourth-order valence-corrected chi connectivity index (χ4v) is 2.65. The van der Waals surface area contributed by atoms with Crippen molar-refractivity contribution in [3.05, 3.63) is 29.3 Å². The van der Waals surface area contributed by atoms with Crippen LogP contribution in [-0.2, 0) is 16.3 Å². The van der Waals surface area contributed by atoms with Crippen LogP contribution >= 0.6 is 0 Å². The van der Waals surface area contributed by atoms with Gasteiger partial charge in [-0.3, -0.25) is 4.79 Å². The molecule has 2 rings (SSSR count). The van der Waals surface area contributed by atoms with Crippen LogP contribution < -0.4 is 5.32 Å². The Bertz CT molecular complexity index is 596. The average Bonchev–Trinajstić information content (AvgIpc) is 2.81. The molecule has 0 fully saturated rings. The summed E-state index contributed by atoms with van der Waals surface area (Å²) in [5, 5.41) is 3.22. The Kier molecular flexibility index (Phi) is 3.80. The van der Waals surface area contributed by atoms with Gasteiger partial charge in [-0.25, -0.2) is 8.42 Å². The molecule has 0 aromatic heterocycles. The van der Waals surface area contributed by atoms with E-state index in [1.165, 1.54) is 16.7 Å². The molecule has 104 valence electrons. The van der Waals surface area contributed by atoms with E-state index < -0.39 is 9.84 Å². The number of carbonyl (C=O) groups excluding carboxylic acids is 1. The lowest BCUT2D eigenvalue weighted by Crippen LogP contribution is -2.31. The van der Waals surface area contributed by atoms with E-state index in [2.05, 4.69) is 5.32 Å². The zero-order valence-corrected chi connectivity index (χ0v) is 12.0. The number of sulfone groups is 1. The molecule has 1 heterocycles. The van der Waals surface area contributed by atoms with Crippen molar-refractivity contribution in [2.45, 2.75) is 6.42 Å². The topological polar surface area (TPSA) is 66.5 Å². The molecule has 0 saturated heterocycles. The van der Waals surface area contributed by atoms with Crippen molar-refractivity contribution in [3.63, 3.8) is 0 Å². The van der Waals surface area contributed by atoms with Crippen molar-refractivity contribution in [2.75, 3.05) is 37.5 Å². The van der Waals surface area contributed by atoms with Gasteiger partial charge in [-0.15, -0.1) is 0 Å². The highest BCUT2D eigenvalue weighted by atomic mass is 32.2. The molecule has 1 aliphatic rings. The van der Waals surface area contributed by atoms with E-state index in [1.807, 2.05) is 12.1 Å². The summed E-state index contributed by atoms with van der Waals surface area (Å²) in [7, 11) is -1.43. The summed E-state index contributed by atoms with van der Waals surface area (Å²) >= 11 is 0.